The molecule has 0 spiro atoms. The number of nitrogens with one attached hydrogen (secondary N) is 1. The van der Waals surface area contributed by atoms with Crippen molar-refractivity contribution in [2.45, 2.75) is 5.92 Å². The summed E-state index contributed by atoms with van der Waals surface area (Å²) in [5, 5.41) is 21.1. The second kappa shape index (κ2) is 8.18. The lowest BCUT2D eigenvalue weighted by Gasteiger charge is -2.18. The first kappa shape index (κ1) is 18.8. The van der Waals surface area contributed by atoms with E-state index >= 15 is 0 Å². The topological polar surface area (TPSA) is 104 Å². The molecular weight excluding hydrogens is 358 g/mol. The molecule has 3 rings (SSSR count). The van der Waals surface area contributed by atoms with Gasteiger partial charge in [-0.15, -0.1) is 0 Å². The number of hydrogen-bond donors (Lipinski definition) is 3. The van der Waals surface area contributed by atoms with Gasteiger partial charge in [-0.05, 0) is 29.3 Å². The lowest BCUT2D eigenvalue weighted by molar-refractivity contribution is -0.116. The van der Waals surface area contributed by atoms with Crippen LogP contribution < -0.4 is 5.32 Å². The van der Waals surface area contributed by atoms with E-state index in [-0.39, 0.29) is 16.8 Å². The summed E-state index contributed by atoms with van der Waals surface area (Å²) in [5.41, 5.74) is 1.20. The van der Waals surface area contributed by atoms with Crippen molar-refractivity contribution in [3.63, 3.8) is 0 Å². The highest BCUT2D eigenvalue weighted by Crippen LogP contribution is 2.27. The van der Waals surface area contributed by atoms with Gasteiger partial charge in [0.15, 0.2) is 0 Å². The van der Waals surface area contributed by atoms with Gasteiger partial charge in [0.05, 0.1) is 17.0 Å². The number of benzene rings is 3. The molecule has 6 nitrogen and oxygen atoms in total. The van der Waals surface area contributed by atoms with Gasteiger partial charge in [0, 0.05) is 5.69 Å². The number of amides is 1. The Bertz CT molecular complexity index is 944. The molecule has 3 N–H and O–H groups in total. The highest BCUT2D eigenvalue weighted by atomic mass is 16.4. The SMILES string of the molecule is O=C(O)c1cc(NC(=O)C(c2ccccc2)c2ccccc2)cc(C(=O)O)c1. The van der Waals surface area contributed by atoms with Gasteiger partial charge in [-0.1, -0.05) is 60.7 Å². The third-order valence-corrected chi connectivity index (χ3v) is 4.22. The standard InChI is InChI=1S/C22H17NO5/c24-20(23-18-12-16(21(25)26)11-17(13-18)22(27)28)19(14-7-3-1-4-8-14)15-9-5-2-6-10-15/h1-13,19H,(H,23,24)(H,25,26)(H,27,28). The summed E-state index contributed by atoms with van der Waals surface area (Å²) in [5.74, 6) is -3.58. The Morgan fingerprint density at radius 1 is 0.679 bits per heavy atom. The van der Waals surface area contributed by atoms with Crippen molar-refractivity contribution < 1.29 is 24.6 Å². The molecule has 140 valence electrons. The lowest BCUT2D eigenvalue weighted by atomic mass is 9.90. The zero-order valence-electron chi connectivity index (χ0n) is 14.7. The number of anilines is 1. The van der Waals surface area contributed by atoms with Gasteiger partial charge in [-0.2, -0.15) is 0 Å². The van der Waals surface area contributed by atoms with Crippen LogP contribution in [0.15, 0.2) is 78.9 Å². The fraction of sp³-hybridized carbons (Fsp3) is 0.0455. The van der Waals surface area contributed by atoms with Crippen molar-refractivity contribution in [1.82, 2.24) is 0 Å². The van der Waals surface area contributed by atoms with Crippen molar-refractivity contribution in [1.29, 1.82) is 0 Å². The Labute approximate surface area is 161 Å². The van der Waals surface area contributed by atoms with Crippen LogP contribution in [0.1, 0.15) is 37.8 Å². The maximum atomic E-state index is 13.1. The van der Waals surface area contributed by atoms with Gasteiger partial charge in [0.2, 0.25) is 5.91 Å². The van der Waals surface area contributed by atoms with Crippen LogP contribution in [-0.2, 0) is 4.79 Å². The molecule has 3 aromatic rings. The molecule has 0 saturated carbocycles. The Balaban J connectivity index is 1.99. The molecule has 0 aliphatic carbocycles. The predicted molar refractivity (Wildman–Crippen MR) is 104 cm³/mol. The molecule has 0 radical (unpaired) electrons. The fourth-order valence-electron chi connectivity index (χ4n) is 2.95. The van der Waals surface area contributed by atoms with Gasteiger partial charge in [0.25, 0.3) is 0 Å². The second-order valence-corrected chi connectivity index (χ2v) is 6.15. The fourth-order valence-corrected chi connectivity index (χ4v) is 2.95. The molecule has 0 aliphatic rings. The van der Waals surface area contributed by atoms with E-state index in [9.17, 15) is 24.6 Å². The van der Waals surface area contributed by atoms with Gasteiger partial charge in [0.1, 0.15) is 0 Å². The first-order valence-electron chi connectivity index (χ1n) is 8.48. The van der Waals surface area contributed by atoms with Crippen LogP contribution >= 0.6 is 0 Å². The number of carbonyl (C=O) groups is 3. The average molecular weight is 375 g/mol. The molecule has 3 aromatic carbocycles. The first-order chi connectivity index (χ1) is 13.5. The Morgan fingerprint density at radius 3 is 1.50 bits per heavy atom. The number of carboxylic acids is 2. The Morgan fingerprint density at radius 2 is 1.11 bits per heavy atom. The maximum absolute atomic E-state index is 13.1. The van der Waals surface area contributed by atoms with Gasteiger partial charge in [-0.25, -0.2) is 9.59 Å². The zero-order chi connectivity index (χ0) is 20.1. The number of aromatic carboxylic acids is 2. The van der Waals surface area contributed by atoms with E-state index in [1.54, 1.807) is 0 Å². The quantitative estimate of drug-likeness (QED) is 0.607. The molecule has 0 fully saturated rings. The van der Waals surface area contributed by atoms with Crippen molar-refractivity contribution in [3.8, 4) is 0 Å². The highest BCUT2D eigenvalue weighted by Gasteiger charge is 2.23. The van der Waals surface area contributed by atoms with E-state index in [1.165, 1.54) is 12.1 Å². The van der Waals surface area contributed by atoms with Crippen molar-refractivity contribution >= 4 is 23.5 Å². The third kappa shape index (κ3) is 4.24. The average Bonchev–Trinajstić information content (AvgIpc) is 2.69. The predicted octanol–water partition coefficient (Wildman–Crippen LogP) is 3.85. The van der Waals surface area contributed by atoms with E-state index in [2.05, 4.69) is 5.32 Å². The summed E-state index contributed by atoms with van der Waals surface area (Å²) >= 11 is 0. The minimum absolute atomic E-state index is 0.110. The smallest absolute Gasteiger partial charge is 0.335 e. The number of hydrogen-bond acceptors (Lipinski definition) is 3. The minimum Gasteiger partial charge on any atom is -0.478 e. The maximum Gasteiger partial charge on any atom is 0.335 e. The molecule has 0 aromatic heterocycles. The first-order valence-corrected chi connectivity index (χ1v) is 8.48. The molecule has 0 heterocycles. The third-order valence-electron chi connectivity index (χ3n) is 4.22. The molecule has 0 bridgehead atoms. The largest absolute Gasteiger partial charge is 0.478 e. The normalized spacial score (nSPS) is 10.5. The second-order valence-electron chi connectivity index (χ2n) is 6.15. The molecule has 28 heavy (non-hydrogen) atoms. The zero-order valence-corrected chi connectivity index (χ0v) is 14.7. The molecule has 6 heteroatoms. The summed E-state index contributed by atoms with van der Waals surface area (Å²) in [6.45, 7) is 0. The molecular formula is C22H17NO5. The summed E-state index contributed by atoms with van der Waals surface area (Å²) in [4.78, 5) is 35.6. The lowest BCUT2D eigenvalue weighted by Crippen LogP contribution is -2.22. The summed E-state index contributed by atoms with van der Waals surface area (Å²) < 4.78 is 0. The molecule has 0 aliphatic heterocycles. The van der Waals surface area contributed by atoms with Gasteiger partial charge >= 0.3 is 11.9 Å². The molecule has 0 atom stereocenters. The van der Waals surface area contributed by atoms with Crippen LogP contribution in [0.3, 0.4) is 0 Å². The van der Waals surface area contributed by atoms with E-state index < -0.39 is 23.8 Å². The van der Waals surface area contributed by atoms with Gasteiger partial charge in [-0.3, -0.25) is 4.79 Å². The van der Waals surface area contributed by atoms with E-state index in [0.29, 0.717) is 0 Å². The molecule has 0 unspecified atom stereocenters. The van der Waals surface area contributed by atoms with Crippen LogP contribution in [0.4, 0.5) is 5.69 Å². The van der Waals surface area contributed by atoms with Crippen LogP contribution in [0.5, 0.6) is 0 Å². The van der Waals surface area contributed by atoms with Crippen molar-refractivity contribution in [2.24, 2.45) is 0 Å². The van der Waals surface area contributed by atoms with Crippen LogP contribution in [0.25, 0.3) is 0 Å². The number of rotatable bonds is 6. The Hall–Kier alpha value is -3.93. The number of carbonyl (C=O) groups excluding carboxylic acids is 1. The molecule has 1 amide bonds. The highest BCUT2D eigenvalue weighted by molar-refractivity contribution is 6.01. The van der Waals surface area contributed by atoms with Crippen LogP contribution in [-0.4, -0.2) is 28.1 Å². The van der Waals surface area contributed by atoms with E-state index in [1.807, 2.05) is 60.7 Å². The number of carboxylic acid groups (broad SMARTS) is 2. The van der Waals surface area contributed by atoms with Gasteiger partial charge < -0.3 is 15.5 Å². The minimum atomic E-state index is -1.28. The summed E-state index contributed by atoms with van der Waals surface area (Å²) in [6.07, 6.45) is 0. The summed E-state index contributed by atoms with van der Waals surface area (Å²) in [6, 6.07) is 21.8. The Kier molecular flexibility index (Phi) is 5.50. The monoisotopic (exact) mass is 375 g/mol. The summed E-state index contributed by atoms with van der Waals surface area (Å²) in [7, 11) is 0. The molecule has 0 saturated heterocycles. The van der Waals surface area contributed by atoms with Crippen molar-refractivity contribution in [3.05, 3.63) is 101 Å². The van der Waals surface area contributed by atoms with Crippen LogP contribution in [0, 0.1) is 0 Å². The van der Waals surface area contributed by atoms with Crippen molar-refractivity contribution in [2.75, 3.05) is 5.32 Å². The van der Waals surface area contributed by atoms with E-state index in [4.69, 9.17) is 0 Å². The van der Waals surface area contributed by atoms with Crippen LogP contribution in [0.2, 0.25) is 0 Å². The van der Waals surface area contributed by atoms with E-state index in [0.717, 1.165) is 17.2 Å².